The Kier molecular flexibility index (Phi) is 6.06. The highest BCUT2D eigenvalue weighted by Crippen LogP contribution is 2.36. The van der Waals surface area contributed by atoms with Crippen LogP contribution in [0.15, 0.2) is 0 Å². The van der Waals surface area contributed by atoms with Crippen molar-refractivity contribution in [1.82, 2.24) is 10.2 Å². The summed E-state index contributed by atoms with van der Waals surface area (Å²) >= 11 is 0. The number of carbonyl (C=O) groups excluding carboxylic acids is 1. The fourth-order valence-electron chi connectivity index (χ4n) is 4.21. The number of nitrogens with one attached hydrogen (secondary N) is 1. The molecule has 4 heteroatoms. The zero-order valence-electron chi connectivity index (χ0n) is 14.0. The molecule has 122 valence electrons. The van der Waals surface area contributed by atoms with Crippen LogP contribution in [0.1, 0.15) is 65.2 Å². The first-order valence-electron chi connectivity index (χ1n) is 8.78. The molecule has 0 aromatic rings. The molecular weight excluding hydrogens is 264 g/mol. The third-order valence-corrected chi connectivity index (χ3v) is 5.50. The predicted molar refractivity (Wildman–Crippen MR) is 85.3 cm³/mol. The van der Waals surface area contributed by atoms with Crippen molar-refractivity contribution in [2.75, 3.05) is 20.2 Å². The summed E-state index contributed by atoms with van der Waals surface area (Å²) in [7, 11) is 1.90. The second kappa shape index (κ2) is 7.59. The van der Waals surface area contributed by atoms with Crippen molar-refractivity contribution in [1.29, 1.82) is 0 Å². The van der Waals surface area contributed by atoms with Gasteiger partial charge in [0.25, 0.3) is 0 Å². The quantitative estimate of drug-likeness (QED) is 0.792. The van der Waals surface area contributed by atoms with Crippen LogP contribution in [0.25, 0.3) is 0 Å². The van der Waals surface area contributed by atoms with Gasteiger partial charge in [0.1, 0.15) is 5.54 Å². The topological polar surface area (TPSA) is 41.6 Å². The number of hydrogen-bond donors (Lipinski definition) is 1. The van der Waals surface area contributed by atoms with Crippen molar-refractivity contribution in [2.45, 2.75) is 82.8 Å². The Morgan fingerprint density at radius 2 is 2.10 bits per heavy atom. The minimum Gasteiger partial charge on any atom is -0.465 e. The van der Waals surface area contributed by atoms with Crippen LogP contribution in [-0.4, -0.2) is 48.7 Å². The van der Waals surface area contributed by atoms with E-state index in [0.717, 1.165) is 19.3 Å². The molecule has 0 aromatic heterocycles. The van der Waals surface area contributed by atoms with Crippen molar-refractivity contribution < 1.29 is 9.53 Å². The highest BCUT2D eigenvalue weighted by Gasteiger charge is 2.47. The maximum atomic E-state index is 12.3. The van der Waals surface area contributed by atoms with Gasteiger partial charge in [0.2, 0.25) is 0 Å². The summed E-state index contributed by atoms with van der Waals surface area (Å²) in [6.07, 6.45) is 9.47. The molecule has 1 N–H and O–H groups in total. The molecule has 0 aromatic carbocycles. The van der Waals surface area contributed by atoms with E-state index in [-0.39, 0.29) is 5.97 Å². The van der Waals surface area contributed by atoms with Crippen LogP contribution in [-0.2, 0) is 9.53 Å². The van der Waals surface area contributed by atoms with Gasteiger partial charge in [-0.05, 0) is 59.0 Å². The molecule has 0 spiro atoms. The van der Waals surface area contributed by atoms with Crippen LogP contribution in [0, 0.1) is 0 Å². The smallest absolute Gasteiger partial charge is 0.326 e. The summed E-state index contributed by atoms with van der Waals surface area (Å²) in [4.78, 5) is 15.0. The Balaban J connectivity index is 2.06. The molecule has 3 unspecified atom stereocenters. The molecule has 2 rings (SSSR count). The Morgan fingerprint density at radius 3 is 2.76 bits per heavy atom. The Bertz CT molecular complexity index is 348. The average molecular weight is 296 g/mol. The third-order valence-electron chi connectivity index (χ3n) is 5.50. The first-order valence-corrected chi connectivity index (χ1v) is 8.78. The Morgan fingerprint density at radius 1 is 1.29 bits per heavy atom. The molecule has 2 aliphatic rings. The summed E-state index contributed by atoms with van der Waals surface area (Å²) in [6.45, 7) is 5.85. The normalized spacial score (nSPS) is 34.6. The second-order valence-electron chi connectivity index (χ2n) is 6.60. The van der Waals surface area contributed by atoms with E-state index in [4.69, 9.17) is 4.74 Å². The third kappa shape index (κ3) is 3.59. The van der Waals surface area contributed by atoms with Gasteiger partial charge >= 0.3 is 5.97 Å². The highest BCUT2D eigenvalue weighted by molar-refractivity contribution is 5.81. The number of esters is 1. The standard InChI is InChI=1S/C17H32N2O2/c1-4-14-9-7-6-8-12-19(14)15-10-11-17(13-15,18-3)16(20)21-5-2/h14-15,18H,4-13H2,1-3H3. The van der Waals surface area contributed by atoms with E-state index < -0.39 is 5.54 Å². The minimum absolute atomic E-state index is 0.0575. The van der Waals surface area contributed by atoms with Gasteiger partial charge in [-0.15, -0.1) is 0 Å². The van der Waals surface area contributed by atoms with Crippen molar-refractivity contribution in [3.05, 3.63) is 0 Å². The number of carbonyl (C=O) groups is 1. The van der Waals surface area contributed by atoms with Gasteiger partial charge in [-0.1, -0.05) is 19.8 Å². The largest absolute Gasteiger partial charge is 0.465 e. The average Bonchev–Trinajstić information content (AvgIpc) is 2.80. The van der Waals surface area contributed by atoms with E-state index in [2.05, 4.69) is 17.1 Å². The van der Waals surface area contributed by atoms with E-state index in [1.807, 2.05) is 14.0 Å². The minimum atomic E-state index is -0.453. The molecule has 0 radical (unpaired) electrons. The molecule has 0 amide bonds. The van der Waals surface area contributed by atoms with Crippen LogP contribution in [0.2, 0.25) is 0 Å². The lowest BCUT2D eigenvalue weighted by Crippen LogP contribution is -2.51. The molecular formula is C17H32N2O2. The van der Waals surface area contributed by atoms with Gasteiger partial charge in [-0.3, -0.25) is 9.69 Å². The maximum absolute atomic E-state index is 12.3. The van der Waals surface area contributed by atoms with Gasteiger partial charge in [-0.25, -0.2) is 0 Å². The summed E-state index contributed by atoms with van der Waals surface area (Å²) in [5.74, 6) is -0.0575. The maximum Gasteiger partial charge on any atom is 0.326 e. The number of rotatable bonds is 5. The van der Waals surface area contributed by atoms with Crippen molar-refractivity contribution in [3.63, 3.8) is 0 Å². The molecule has 0 bridgehead atoms. The summed E-state index contributed by atoms with van der Waals surface area (Å²) in [5, 5.41) is 3.28. The molecule has 4 nitrogen and oxygen atoms in total. The van der Waals surface area contributed by atoms with E-state index in [9.17, 15) is 4.79 Å². The highest BCUT2D eigenvalue weighted by atomic mass is 16.5. The number of hydrogen-bond acceptors (Lipinski definition) is 4. The van der Waals surface area contributed by atoms with Gasteiger partial charge in [0, 0.05) is 12.1 Å². The first kappa shape index (κ1) is 16.8. The monoisotopic (exact) mass is 296 g/mol. The molecule has 1 saturated heterocycles. The number of likely N-dealkylation sites (tertiary alicyclic amines) is 1. The van der Waals surface area contributed by atoms with E-state index in [0.29, 0.717) is 18.7 Å². The SMILES string of the molecule is CCOC(=O)C1(NC)CCC(N2CCCCCC2CC)C1. The van der Waals surface area contributed by atoms with Gasteiger partial charge < -0.3 is 10.1 Å². The lowest BCUT2D eigenvalue weighted by Gasteiger charge is -2.36. The van der Waals surface area contributed by atoms with Crippen molar-refractivity contribution in [3.8, 4) is 0 Å². The molecule has 21 heavy (non-hydrogen) atoms. The summed E-state index contributed by atoms with van der Waals surface area (Å²) in [6, 6.07) is 1.23. The molecule has 1 heterocycles. The van der Waals surface area contributed by atoms with Crippen LogP contribution in [0.5, 0.6) is 0 Å². The van der Waals surface area contributed by atoms with E-state index in [1.54, 1.807) is 0 Å². The van der Waals surface area contributed by atoms with Gasteiger partial charge in [0.15, 0.2) is 0 Å². The Labute approximate surface area is 129 Å². The first-order chi connectivity index (χ1) is 10.2. The van der Waals surface area contributed by atoms with Crippen LogP contribution < -0.4 is 5.32 Å². The molecule has 3 atom stereocenters. The second-order valence-corrected chi connectivity index (χ2v) is 6.60. The number of likely N-dealkylation sites (N-methyl/N-ethyl adjacent to an activating group) is 1. The van der Waals surface area contributed by atoms with E-state index in [1.165, 1.54) is 38.6 Å². The lowest BCUT2D eigenvalue weighted by molar-refractivity contribution is -0.151. The van der Waals surface area contributed by atoms with E-state index >= 15 is 0 Å². The van der Waals surface area contributed by atoms with Crippen LogP contribution >= 0.6 is 0 Å². The van der Waals surface area contributed by atoms with Gasteiger partial charge in [0.05, 0.1) is 6.61 Å². The molecule has 1 aliphatic heterocycles. The number of nitrogens with zero attached hydrogens (tertiary/aromatic N) is 1. The summed E-state index contributed by atoms with van der Waals surface area (Å²) in [5.41, 5.74) is -0.453. The zero-order chi connectivity index (χ0) is 15.3. The lowest BCUT2D eigenvalue weighted by atomic mass is 9.97. The molecule has 2 fully saturated rings. The van der Waals surface area contributed by atoms with Crippen molar-refractivity contribution >= 4 is 5.97 Å². The summed E-state index contributed by atoms with van der Waals surface area (Å²) < 4.78 is 5.31. The molecule has 1 saturated carbocycles. The van der Waals surface area contributed by atoms with Crippen LogP contribution in [0.3, 0.4) is 0 Å². The fraction of sp³-hybridized carbons (Fsp3) is 0.941. The van der Waals surface area contributed by atoms with Gasteiger partial charge in [-0.2, -0.15) is 0 Å². The zero-order valence-corrected chi connectivity index (χ0v) is 14.0. The predicted octanol–water partition coefficient (Wildman–Crippen LogP) is 2.71. The number of ether oxygens (including phenoxy) is 1. The molecule has 1 aliphatic carbocycles. The van der Waals surface area contributed by atoms with Crippen LogP contribution in [0.4, 0.5) is 0 Å². The van der Waals surface area contributed by atoms with Crippen molar-refractivity contribution in [2.24, 2.45) is 0 Å². The Hall–Kier alpha value is -0.610. The fourth-order valence-corrected chi connectivity index (χ4v) is 4.21.